The smallest absolute Gasteiger partial charge is 0.266 e. The molecule has 8 heteroatoms. The second-order valence-electron chi connectivity index (χ2n) is 9.73. The van der Waals surface area contributed by atoms with Gasteiger partial charge in [0.2, 0.25) is 0 Å². The summed E-state index contributed by atoms with van der Waals surface area (Å²) in [6.45, 7) is 6.98. The van der Waals surface area contributed by atoms with Crippen molar-refractivity contribution in [1.29, 1.82) is 0 Å². The highest BCUT2D eigenvalue weighted by Gasteiger charge is 2.40. The summed E-state index contributed by atoms with van der Waals surface area (Å²) in [6.07, 6.45) is -0.755. The van der Waals surface area contributed by atoms with Gasteiger partial charge in [0.15, 0.2) is 6.26 Å². The summed E-state index contributed by atoms with van der Waals surface area (Å²) in [5.41, 5.74) is 4.31. The molecule has 38 heavy (non-hydrogen) atoms. The predicted molar refractivity (Wildman–Crippen MR) is 169 cm³/mol. The zero-order valence-electron chi connectivity index (χ0n) is 21.8. The third-order valence-electron chi connectivity index (χ3n) is 6.96. The Morgan fingerprint density at radius 1 is 1.00 bits per heavy atom. The van der Waals surface area contributed by atoms with E-state index in [-0.39, 0.29) is 11.3 Å². The van der Waals surface area contributed by atoms with Crippen LogP contribution in [0.3, 0.4) is 0 Å². The van der Waals surface area contributed by atoms with Crippen LogP contribution in [0.5, 0.6) is 5.75 Å². The molecule has 1 saturated heterocycles. The normalized spacial score (nSPS) is 20.2. The number of rotatable bonds is 6. The maximum atomic E-state index is 12.6. The molecule has 0 saturated carbocycles. The van der Waals surface area contributed by atoms with Gasteiger partial charge in [-0.1, -0.05) is 98.5 Å². The van der Waals surface area contributed by atoms with Crippen LogP contribution in [-0.2, 0) is 22.0 Å². The number of nitrogens with zero attached hydrogens (tertiary/aromatic N) is 2. The van der Waals surface area contributed by atoms with E-state index in [0.29, 0.717) is 21.5 Å². The van der Waals surface area contributed by atoms with Gasteiger partial charge in [0.25, 0.3) is 5.91 Å². The summed E-state index contributed by atoms with van der Waals surface area (Å²) >= 11 is 13.0. The first-order chi connectivity index (χ1) is 18.1. The summed E-state index contributed by atoms with van der Waals surface area (Å²) < 4.78 is 7.29. The van der Waals surface area contributed by atoms with Crippen LogP contribution in [0.2, 0.25) is 0 Å². The molecule has 4 nitrogen and oxygen atoms in total. The number of likely N-dealkylation sites (N-methyl/N-ethyl adjacent to an activating group) is 2. The Hall–Kier alpha value is -2.70. The molecule has 3 aromatic rings. The fourth-order valence-electron chi connectivity index (χ4n) is 4.89. The summed E-state index contributed by atoms with van der Waals surface area (Å²) in [5.74, 6) is 2.84. The number of carbonyl (C=O) groups excluding carboxylic acids is 1. The van der Waals surface area contributed by atoms with Gasteiger partial charge in [-0.15, -0.1) is 0 Å². The van der Waals surface area contributed by atoms with Crippen LogP contribution in [0.25, 0.3) is 6.08 Å². The molecular weight excluding hydrogens is 548 g/mol. The van der Waals surface area contributed by atoms with Gasteiger partial charge in [-0.2, -0.15) is 0 Å². The lowest BCUT2D eigenvalue weighted by molar-refractivity contribution is -0.121. The molecule has 0 bridgehead atoms. The number of carbonyl (C=O) groups is 1. The van der Waals surface area contributed by atoms with Gasteiger partial charge in [0, 0.05) is 41.5 Å². The second-order valence-corrected chi connectivity index (χ2v) is 15.2. The average Bonchev–Trinajstić information content (AvgIpc) is 3.29. The number of benzene rings is 3. The van der Waals surface area contributed by atoms with Crippen LogP contribution in [0, 0.1) is 0 Å². The van der Waals surface area contributed by atoms with Gasteiger partial charge in [-0.05, 0) is 54.1 Å². The van der Waals surface area contributed by atoms with Crippen molar-refractivity contribution >= 4 is 69.3 Å². The fourth-order valence-corrected chi connectivity index (χ4v) is 9.34. The number of anilines is 1. The number of allylic oxidation sites excluding steroid dienone is 1. The molecule has 2 heterocycles. The Kier molecular flexibility index (Phi) is 7.40. The summed E-state index contributed by atoms with van der Waals surface area (Å²) in [7, 11) is 2.10. The molecular formula is C30H29N2O2PS3. The Bertz CT molecular complexity index is 1510. The van der Waals surface area contributed by atoms with Crippen LogP contribution >= 0.6 is 30.2 Å². The molecule has 0 aromatic heterocycles. The molecule has 1 amide bonds. The minimum Gasteiger partial charge on any atom is -0.458 e. The monoisotopic (exact) mass is 576 g/mol. The van der Waals surface area contributed by atoms with Gasteiger partial charge in [0.1, 0.15) is 10.1 Å². The average molecular weight is 577 g/mol. The van der Waals surface area contributed by atoms with E-state index in [1.807, 2.05) is 55.5 Å². The highest BCUT2D eigenvalue weighted by molar-refractivity contribution is 8.26. The number of thiocarbonyl (C=S) groups is 1. The number of fused-ring (bicyclic) bond motifs is 1. The van der Waals surface area contributed by atoms with Crippen LogP contribution < -0.4 is 14.7 Å². The first-order valence-electron chi connectivity index (χ1n) is 12.4. The van der Waals surface area contributed by atoms with Crippen LogP contribution in [0.1, 0.15) is 31.9 Å². The SMILES string of the molecule is CCN1C(=O)/C(=C\c2ccc(OP(=S)(/C=C3\N(C)c4ccccc4C3(C)C)c3ccccc3)cc2)SC1=S. The van der Waals surface area contributed by atoms with Gasteiger partial charge >= 0.3 is 0 Å². The third kappa shape index (κ3) is 4.89. The second kappa shape index (κ2) is 10.5. The summed E-state index contributed by atoms with van der Waals surface area (Å²) in [6, 6.07) is 26.4. The maximum absolute atomic E-state index is 12.6. The number of hydrogen-bond acceptors (Lipinski definition) is 6. The minimum absolute atomic E-state index is 0.0432. The highest BCUT2D eigenvalue weighted by atomic mass is 32.4. The number of thioether (sulfide) groups is 1. The number of hydrogen-bond donors (Lipinski definition) is 0. The Morgan fingerprint density at radius 2 is 1.66 bits per heavy atom. The van der Waals surface area contributed by atoms with E-state index in [1.54, 1.807) is 4.90 Å². The zero-order valence-corrected chi connectivity index (χ0v) is 25.1. The molecule has 5 rings (SSSR count). The standard InChI is InChI=1S/C30H29N2O2PS3/c1-5-32-28(33)26(38-29(32)36)19-21-15-17-22(18-16-21)34-35(37,23-11-7-6-8-12-23)20-27-30(2,3)24-13-9-10-14-25(24)31(27)4/h6-20H,5H2,1-4H3/b26-19+,27-20-. The minimum atomic E-state index is -2.63. The van der Waals surface area contributed by atoms with Crippen molar-refractivity contribution in [2.75, 3.05) is 18.5 Å². The fraction of sp³-hybridized carbons (Fsp3) is 0.200. The van der Waals surface area contributed by atoms with Crippen LogP contribution in [-0.4, -0.2) is 28.7 Å². The van der Waals surface area contributed by atoms with Crippen molar-refractivity contribution in [2.45, 2.75) is 26.2 Å². The van der Waals surface area contributed by atoms with Gasteiger partial charge in [0.05, 0.1) is 4.91 Å². The van der Waals surface area contributed by atoms with E-state index in [4.69, 9.17) is 28.5 Å². The van der Waals surface area contributed by atoms with E-state index in [2.05, 4.69) is 68.0 Å². The summed E-state index contributed by atoms with van der Waals surface area (Å²) in [4.78, 5) is 17.1. The molecule has 3 aromatic carbocycles. The molecule has 0 aliphatic carbocycles. The van der Waals surface area contributed by atoms with Crippen molar-refractivity contribution in [3.05, 3.63) is 106 Å². The van der Waals surface area contributed by atoms with Crippen molar-refractivity contribution in [3.63, 3.8) is 0 Å². The lowest BCUT2D eigenvalue weighted by Crippen LogP contribution is -2.27. The third-order valence-corrected chi connectivity index (χ3v) is 11.6. The van der Waals surface area contributed by atoms with Crippen LogP contribution in [0.15, 0.2) is 95.3 Å². The van der Waals surface area contributed by atoms with E-state index in [1.165, 1.54) is 23.0 Å². The first-order valence-corrected chi connectivity index (χ1v) is 16.4. The lowest BCUT2D eigenvalue weighted by Gasteiger charge is -2.28. The van der Waals surface area contributed by atoms with Gasteiger partial charge in [-0.25, -0.2) is 0 Å². The lowest BCUT2D eigenvalue weighted by atomic mass is 9.84. The number of para-hydroxylation sites is 1. The summed E-state index contributed by atoms with van der Waals surface area (Å²) in [5, 5.41) is 0.995. The molecule has 1 fully saturated rings. The van der Waals surface area contributed by atoms with Gasteiger partial charge in [-0.3, -0.25) is 9.69 Å². The molecule has 2 aliphatic heterocycles. The molecule has 0 N–H and O–H groups in total. The maximum Gasteiger partial charge on any atom is 0.266 e. The van der Waals surface area contributed by atoms with Crippen molar-refractivity contribution < 1.29 is 9.32 Å². The topological polar surface area (TPSA) is 32.8 Å². The Labute approximate surface area is 239 Å². The Morgan fingerprint density at radius 3 is 2.29 bits per heavy atom. The largest absolute Gasteiger partial charge is 0.458 e. The van der Waals surface area contributed by atoms with E-state index >= 15 is 0 Å². The highest BCUT2D eigenvalue weighted by Crippen LogP contribution is 2.55. The van der Waals surface area contributed by atoms with Crippen molar-refractivity contribution in [3.8, 4) is 5.75 Å². The van der Waals surface area contributed by atoms with Crippen molar-refractivity contribution in [1.82, 2.24) is 4.90 Å². The quantitative estimate of drug-likeness (QED) is 0.174. The number of amides is 1. The van der Waals surface area contributed by atoms with E-state index in [0.717, 1.165) is 16.6 Å². The molecule has 0 radical (unpaired) electrons. The van der Waals surface area contributed by atoms with E-state index in [9.17, 15) is 4.79 Å². The van der Waals surface area contributed by atoms with Crippen LogP contribution in [0.4, 0.5) is 5.69 Å². The Balaban J connectivity index is 1.48. The van der Waals surface area contributed by atoms with Crippen molar-refractivity contribution in [2.24, 2.45) is 0 Å². The molecule has 1 atom stereocenters. The molecule has 0 spiro atoms. The zero-order chi connectivity index (χ0) is 27.1. The van der Waals surface area contributed by atoms with Gasteiger partial charge < -0.3 is 9.42 Å². The van der Waals surface area contributed by atoms with E-state index < -0.39 is 6.26 Å². The predicted octanol–water partition coefficient (Wildman–Crippen LogP) is 7.28. The molecule has 194 valence electrons. The molecule has 2 aliphatic rings. The molecule has 1 unspecified atom stereocenters. The first kappa shape index (κ1) is 26.9.